The van der Waals surface area contributed by atoms with Crippen LogP contribution in [0.25, 0.3) is 11.3 Å². The second-order valence-electron chi connectivity index (χ2n) is 6.42. The van der Waals surface area contributed by atoms with Crippen molar-refractivity contribution in [1.29, 1.82) is 0 Å². The summed E-state index contributed by atoms with van der Waals surface area (Å²) in [7, 11) is 0. The quantitative estimate of drug-likeness (QED) is 0.712. The van der Waals surface area contributed by atoms with E-state index >= 15 is 0 Å². The van der Waals surface area contributed by atoms with Gasteiger partial charge in [0.2, 0.25) is 0 Å². The summed E-state index contributed by atoms with van der Waals surface area (Å²) in [5, 5.41) is 10.1. The van der Waals surface area contributed by atoms with Gasteiger partial charge in [-0.3, -0.25) is 9.89 Å². The first kappa shape index (κ1) is 17.0. The molecule has 0 radical (unpaired) electrons. The number of rotatable bonds is 6. The molecule has 4 nitrogen and oxygen atoms in total. The zero-order chi connectivity index (χ0) is 17.6. The van der Waals surface area contributed by atoms with Crippen LogP contribution in [-0.2, 0) is 6.42 Å². The van der Waals surface area contributed by atoms with Crippen LogP contribution in [0.5, 0.6) is 0 Å². The summed E-state index contributed by atoms with van der Waals surface area (Å²) in [4.78, 5) is 12.6. The molecule has 0 aliphatic heterocycles. The molecule has 128 valence electrons. The van der Waals surface area contributed by atoms with Crippen LogP contribution in [0, 0.1) is 6.92 Å². The molecule has 0 unspecified atom stereocenters. The molecule has 0 aliphatic carbocycles. The van der Waals surface area contributed by atoms with Crippen molar-refractivity contribution in [2.75, 3.05) is 0 Å². The minimum atomic E-state index is -0.0927. The maximum absolute atomic E-state index is 12.6. The molecule has 25 heavy (non-hydrogen) atoms. The van der Waals surface area contributed by atoms with Crippen LogP contribution >= 0.6 is 0 Å². The number of aryl methyl sites for hydroxylation is 2. The lowest BCUT2D eigenvalue weighted by molar-refractivity contribution is 0.0939. The first-order valence-corrected chi connectivity index (χ1v) is 8.58. The molecule has 3 aromatic rings. The summed E-state index contributed by atoms with van der Waals surface area (Å²) in [6, 6.07) is 18.5. The average molecular weight is 333 g/mol. The third kappa shape index (κ3) is 4.35. The lowest BCUT2D eigenvalue weighted by atomic mass is 10.0. The van der Waals surface area contributed by atoms with Gasteiger partial charge in [-0.2, -0.15) is 5.10 Å². The Hall–Kier alpha value is -2.88. The van der Waals surface area contributed by atoms with E-state index in [1.165, 1.54) is 11.1 Å². The average Bonchev–Trinajstić information content (AvgIpc) is 3.11. The Kier molecular flexibility index (Phi) is 5.29. The highest BCUT2D eigenvalue weighted by Crippen LogP contribution is 2.21. The summed E-state index contributed by atoms with van der Waals surface area (Å²) in [6.07, 6.45) is 3.43. The summed E-state index contributed by atoms with van der Waals surface area (Å²) < 4.78 is 0. The normalized spacial score (nSPS) is 11.9. The third-order valence-electron chi connectivity index (χ3n) is 4.31. The van der Waals surface area contributed by atoms with Gasteiger partial charge in [0.05, 0.1) is 17.5 Å². The van der Waals surface area contributed by atoms with Gasteiger partial charge in [0, 0.05) is 11.6 Å². The smallest absolute Gasteiger partial charge is 0.255 e. The van der Waals surface area contributed by atoms with Gasteiger partial charge in [-0.25, -0.2) is 0 Å². The minimum Gasteiger partial charge on any atom is -0.349 e. The Labute approximate surface area is 148 Å². The molecular weight excluding hydrogens is 310 g/mol. The topological polar surface area (TPSA) is 57.8 Å². The van der Waals surface area contributed by atoms with Gasteiger partial charge in [0.1, 0.15) is 0 Å². The summed E-state index contributed by atoms with van der Waals surface area (Å²) >= 11 is 0. The Morgan fingerprint density at radius 1 is 1.12 bits per heavy atom. The standard InChI is InChI=1S/C21H23N3O/c1-15-8-12-18(13-9-15)20-19(14-22-24-20)21(25)23-16(2)10-11-17-6-4-3-5-7-17/h3-9,12-14,16H,10-11H2,1-2H3,(H,22,24)(H,23,25)/t16-/m1/s1. The summed E-state index contributed by atoms with van der Waals surface area (Å²) in [6.45, 7) is 4.07. The zero-order valence-corrected chi connectivity index (χ0v) is 14.6. The minimum absolute atomic E-state index is 0.0912. The largest absolute Gasteiger partial charge is 0.349 e. The molecule has 1 aromatic heterocycles. The Morgan fingerprint density at radius 2 is 1.84 bits per heavy atom. The highest BCUT2D eigenvalue weighted by atomic mass is 16.1. The fourth-order valence-corrected chi connectivity index (χ4v) is 2.80. The predicted octanol–water partition coefficient (Wildman–Crippen LogP) is 4.14. The lowest BCUT2D eigenvalue weighted by Gasteiger charge is -2.14. The molecule has 0 saturated carbocycles. The van der Waals surface area contributed by atoms with Gasteiger partial charge < -0.3 is 5.32 Å². The van der Waals surface area contributed by atoms with Crippen molar-refractivity contribution in [3.8, 4) is 11.3 Å². The SMILES string of the molecule is Cc1ccc(-c2[nH]ncc2C(=O)N[C@H](C)CCc2ccccc2)cc1. The molecule has 0 spiro atoms. The van der Waals surface area contributed by atoms with Crippen molar-refractivity contribution in [2.45, 2.75) is 32.7 Å². The van der Waals surface area contributed by atoms with E-state index in [1.54, 1.807) is 6.20 Å². The van der Waals surface area contributed by atoms with Gasteiger partial charge in [0.25, 0.3) is 5.91 Å². The van der Waals surface area contributed by atoms with E-state index in [0.717, 1.165) is 24.1 Å². The van der Waals surface area contributed by atoms with E-state index in [9.17, 15) is 4.79 Å². The number of hydrogen-bond donors (Lipinski definition) is 2. The van der Waals surface area contributed by atoms with E-state index in [1.807, 2.05) is 56.3 Å². The second kappa shape index (κ2) is 7.79. The highest BCUT2D eigenvalue weighted by Gasteiger charge is 2.17. The number of H-pyrrole nitrogens is 1. The number of carbonyl (C=O) groups is 1. The van der Waals surface area contributed by atoms with Gasteiger partial charge in [-0.05, 0) is 32.3 Å². The molecule has 1 atom stereocenters. The first-order chi connectivity index (χ1) is 12.1. The highest BCUT2D eigenvalue weighted by molar-refractivity contribution is 5.99. The van der Waals surface area contributed by atoms with Crippen LogP contribution in [0.15, 0.2) is 60.8 Å². The van der Waals surface area contributed by atoms with Gasteiger partial charge in [0.15, 0.2) is 0 Å². The molecule has 0 bridgehead atoms. The van der Waals surface area contributed by atoms with E-state index in [-0.39, 0.29) is 11.9 Å². The monoisotopic (exact) mass is 333 g/mol. The molecule has 1 heterocycles. The van der Waals surface area contributed by atoms with Crippen molar-refractivity contribution >= 4 is 5.91 Å². The molecular formula is C21H23N3O. The fraction of sp³-hybridized carbons (Fsp3) is 0.238. The molecule has 1 amide bonds. The van der Waals surface area contributed by atoms with E-state index in [4.69, 9.17) is 0 Å². The predicted molar refractivity (Wildman–Crippen MR) is 100 cm³/mol. The maximum Gasteiger partial charge on any atom is 0.255 e. The number of nitrogens with zero attached hydrogens (tertiary/aromatic N) is 1. The van der Waals surface area contributed by atoms with E-state index in [0.29, 0.717) is 5.56 Å². The first-order valence-electron chi connectivity index (χ1n) is 8.58. The van der Waals surface area contributed by atoms with Crippen molar-refractivity contribution in [3.63, 3.8) is 0 Å². The Balaban J connectivity index is 1.63. The second-order valence-corrected chi connectivity index (χ2v) is 6.42. The number of benzene rings is 2. The summed E-state index contributed by atoms with van der Waals surface area (Å²) in [5.74, 6) is -0.0927. The van der Waals surface area contributed by atoms with Crippen molar-refractivity contribution < 1.29 is 4.79 Å². The van der Waals surface area contributed by atoms with E-state index in [2.05, 4.69) is 27.6 Å². The van der Waals surface area contributed by atoms with Crippen LogP contribution in [-0.4, -0.2) is 22.1 Å². The van der Waals surface area contributed by atoms with Crippen molar-refractivity contribution in [2.24, 2.45) is 0 Å². The van der Waals surface area contributed by atoms with Crippen LogP contribution < -0.4 is 5.32 Å². The molecule has 2 aromatic carbocycles. The molecule has 4 heteroatoms. The molecule has 2 N–H and O–H groups in total. The fourth-order valence-electron chi connectivity index (χ4n) is 2.80. The molecule has 0 saturated heterocycles. The molecule has 0 fully saturated rings. The number of aromatic nitrogens is 2. The van der Waals surface area contributed by atoms with Gasteiger partial charge >= 0.3 is 0 Å². The van der Waals surface area contributed by atoms with E-state index < -0.39 is 0 Å². The van der Waals surface area contributed by atoms with Gasteiger partial charge in [-0.1, -0.05) is 60.2 Å². The number of nitrogens with one attached hydrogen (secondary N) is 2. The van der Waals surface area contributed by atoms with Crippen LogP contribution in [0.3, 0.4) is 0 Å². The number of amides is 1. The van der Waals surface area contributed by atoms with Gasteiger partial charge in [-0.15, -0.1) is 0 Å². The number of aromatic amines is 1. The summed E-state index contributed by atoms with van der Waals surface area (Å²) in [5.41, 5.74) is 4.77. The third-order valence-corrected chi connectivity index (χ3v) is 4.31. The Morgan fingerprint density at radius 3 is 2.56 bits per heavy atom. The van der Waals surface area contributed by atoms with Crippen LogP contribution in [0.4, 0.5) is 0 Å². The number of carbonyl (C=O) groups excluding carboxylic acids is 1. The van der Waals surface area contributed by atoms with Crippen LogP contribution in [0.1, 0.15) is 34.8 Å². The number of hydrogen-bond acceptors (Lipinski definition) is 2. The van der Waals surface area contributed by atoms with Crippen molar-refractivity contribution in [1.82, 2.24) is 15.5 Å². The maximum atomic E-state index is 12.6. The van der Waals surface area contributed by atoms with Crippen LogP contribution in [0.2, 0.25) is 0 Å². The Bertz CT molecular complexity index is 822. The lowest BCUT2D eigenvalue weighted by Crippen LogP contribution is -2.33. The zero-order valence-electron chi connectivity index (χ0n) is 14.6. The molecule has 0 aliphatic rings. The van der Waals surface area contributed by atoms with Crippen molar-refractivity contribution in [3.05, 3.63) is 77.5 Å². The molecule has 3 rings (SSSR count).